The molecule has 0 bridgehead atoms. The number of hydrogen-bond donors (Lipinski definition) is 0. The molecular weight excluding hydrogens is 971 g/mol. The molecule has 0 aliphatic carbocycles. The van der Waals surface area contributed by atoms with Crippen molar-refractivity contribution in [1.29, 1.82) is 0 Å². The molecule has 0 unspecified atom stereocenters. The molecule has 364 valence electrons. The van der Waals surface area contributed by atoms with Crippen LogP contribution in [0.3, 0.4) is 0 Å². The minimum Gasteiger partial charge on any atom is -0.409 e. The quantitative estimate of drug-likeness (QED) is 0.0508. The van der Waals surface area contributed by atoms with E-state index in [1.54, 1.807) is 39.3 Å². The van der Waals surface area contributed by atoms with Gasteiger partial charge in [0, 0.05) is 0 Å². The van der Waals surface area contributed by atoms with Gasteiger partial charge in [-0.1, -0.05) is 0 Å². The van der Waals surface area contributed by atoms with Crippen molar-refractivity contribution in [1.82, 2.24) is 0 Å². The summed E-state index contributed by atoms with van der Waals surface area (Å²) in [4.78, 5) is 0. The van der Waals surface area contributed by atoms with E-state index in [1.807, 2.05) is 78.6 Å². The first-order valence-electron chi connectivity index (χ1n) is 19.7. The molecule has 2 fully saturated rings. The van der Waals surface area contributed by atoms with Crippen LogP contribution in [0.25, 0.3) is 0 Å². The number of halogens is 6. The van der Waals surface area contributed by atoms with Crippen LogP contribution in [0.15, 0.2) is 0 Å². The minimum atomic E-state index is -6.14. The first-order valence-corrected chi connectivity index (χ1v) is 42.9. The van der Waals surface area contributed by atoms with Gasteiger partial charge in [-0.3, -0.25) is 8.37 Å². The van der Waals surface area contributed by atoms with Crippen molar-refractivity contribution in [3.63, 3.8) is 0 Å². The third-order valence-corrected chi connectivity index (χ3v) is 15.6. The first kappa shape index (κ1) is 57.5. The van der Waals surface area contributed by atoms with E-state index >= 15 is 0 Å². The van der Waals surface area contributed by atoms with Crippen molar-refractivity contribution in [2.24, 2.45) is 0 Å². The predicted molar refractivity (Wildman–Crippen MR) is 230 cm³/mol. The Morgan fingerprint density at radius 2 is 0.607 bits per heavy atom. The fourth-order valence-electron chi connectivity index (χ4n) is 6.08. The maximum atomic E-state index is 13.6. The van der Waals surface area contributed by atoms with Crippen LogP contribution in [0.4, 0.5) is 26.3 Å². The van der Waals surface area contributed by atoms with Crippen molar-refractivity contribution in [2.45, 2.75) is 190 Å². The van der Waals surface area contributed by atoms with Gasteiger partial charge in [-0.25, -0.2) is 0 Å². The molecule has 61 heavy (non-hydrogen) atoms. The van der Waals surface area contributed by atoms with Crippen LogP contribution in [0, 0.1) is 0 Å². The maximum absolute atomic E-state index is 13.6. The van der Waals surface area contributed by atoms with Gasteiger partial charge in [0.2, 0.25) is 0 Å². The topological polar surface area (TPSA) is 170 Å². The van der Waals surface area contributed by atoms with Gasteiger partial charge in [-0.05, 0) is 118 Å². The van der Waals surface area contributed by atoms with Crippen molar-refractivity contribution in [3.05, 3.63) is 0 Å². The summed E-state index contributed by atoms with van der Waals surface area (Å²) in [6.45, 7) is 30.5. The molecule has 10 atom stereocenters. The second kappa shape index (κ2) is 19.9. The summed E-state index contributed by atoms with van der Waals surface area (Å²) < 4.78 is 199. The summed E-state index contributed by atoms with van der Waals surface area (Å²) in [6, 6.07) is 0. The van der Waals surface area contributed by atoms with E-state index < -0.39 is 156 Å². The average Bonchev–Trinajstić information content (AvgIpc) is 2.96. The number of hydrogen-bond acceptors (Lipinski definition) is 15. The fourth-order valence-corrected chi connectivity index (χ4v) is 13.5. The lowest BCUT2D eigenvalue weighted by Gasteiger charge is -2.53. The molecule has 15 nitrogen and oxygen atoms in total. The average molecular weight is 1040 g/mol. The van der Waals surface area contributed by atoms with E-state index in [2.05, 4.69) is 8.37 Å². The molecule has 2 aliphatic rings. The van der Waals surface area contributed by atoms with Crippen molar-refractivity contribution >= 4 is 70.1 Å². The van der Waals surface area contributed by atoms with Crippen LogP contribution >= 0.6 is 0 Å². The summed E-state index contributed by atoms with van der Waals surface area (Å²) in [5, 5.41) is 0. The smallest absolute Gasteiger partial charge is 0.409 e. The Kier molecular flexibility index (Phi) is 18.7. The molecule has 0 spiro atoms. The second-order valence-corrected chi connectivity index (χ2v) is 50.7. The van der Waals surface area contributed by atoms with E-state index in [0.717, 1.165) is 0 Å². The zero-order chi connectivity index (χ0) is 48.0. The minimum absolute atomic E-state index is 1.18. The summed E-state index contributed by atoms with van der Waals surface area (Å²) in [6.07, 6.45) is -14.0. The number of alkyl halides is 6. The van der Waals surface area contributed by atoms with Gasteiger partial charge in [0.05, 0.1) is 13.2 Å². The molecule has 0 saturated carbocycles. The van der Waals surface area contributed by atoms with Crippen LogP contribution in [-0.2, 0) is 69.4 Å². The van der Waals surface area contributed by atoms with E-state index in [9.17, 15) is 43.2 Å². The van der Waals surface area contributed by atoms with Crippen molar-refractivity contribution < 1.29 is 92.3 Å². The molecule has 0 aromatic carbocycles. The fraction of sp³-hybridized carbons (Fsp3) is 1.00. The van der Waals surface area contributed by atoms with Gasteiger partial charge < -0.3 is 40.8 Å². The van der Waals surface area contributed by atoms with E-state index in [1.165, 1.54) is 0 Å². The molecule has 0 amide bonds. The lowest BCUT2D eigenvalue weighted by atomic mass is 9.98. The van der Waals surface area contributed by atoms with Crippen LogP contribution in [0.1, 0.15) is 0 Å². The predicted octanol–water partition coefficient (Wildman–Crippen LogP) is 7.51. The Hall–Kier alpha value is 0.341. The molecule has 29 heteroatoms. The third-order valence-electron chi connectivity index (χ3n) is 7.73. The highest BCUT2D eigenvalue weighted by molar-refractivity contribution is 7.87. The van der Waals surface area contributed by atoms with Gasteiger partial charge in [0.15, 0.2) is 62.5 Å². The molecular formula is C32H68F6O15S2Si6. The molecule has 2 aliphatic heterocycles. The Bertz CT molecular complexity index is 1540. The molecule has 0 aromatic rings. The third kappa shape index (κ3) is 18.9. The molecule has 2 saturated heterocycles. The van der Waals surface area contributed by atoms with E-state index in [0.29, 0.717) is 0 Å². The Labute approximate surface area is 364 Å². The highest BCUT2D eigenvalue weighted by Crippen LogP contribution is 2.40. The Morgan fingerprint density at radius 3 is 0.820 bits per heavy atom. The highest BCUT2D eigenvalue weighted by atomic mass is 32.2. The summed E-state index contributed by atoms with van der Waals surface area (Å²) in [7, 11) is -28.4. The summed E-state index contributed by atoms with van der Waals surface area (Å²) >= 11 is 0. The van der Waals surface area contributed by atoms with Crippen LogP contribution < -0.4 is 0 Å². The summed E-state index contributed by atoms with van der Waals surface area (Å²) in [5.74, 6) is 0. The largest absolute Gasteiger partial charge is 0.523 e. The van der Waals surface area contributed by atoms with Crippen LogP contribution in [-0.4, -0.2) is 152 Å². The Balaban J connectivity index is 2.99. The number of ether oxygens (including phenoxy) is 3. The zero-order valence-electron chi connectivity index (χ0n) is 38.4. The standard InChI is InChI=1S/C32H68F6O15S2Si6/c1-56(2,3)48-23-21(19-43-54(39,40)31(33,34)35)45-29(27(52-60(13,14)15)25(23)50-58(7,8)9)47-30-28(53-61(16,17)18)26(51-59(10,11)12)24(49-57(4,5)6)22(46-30)20-44-55(41,42)32(36,37)38/h21-30H,19-20H2,1-18H3/t21-,22-,23-,24-,25+,26+,27-,28-,29-,30-/m1/s1. The zero-order valence-corrected chi connectivity index (χ0v) is 46.0. The highest BCUT2D eigenvalue weighted by Gasteiger charge is 2.58. The van der Waals surface area contributed by atoms with Crippen molar-refractivity contribution in [3.8, 4) is 0 Å². The number of rotatable bonds is 20. The molecule has 0 N–H and O–H groups in total. The van der Waals surface area contributed by atoms with Crippen molar-refractivity contribution in [2.75, 3.05) is 13.2 Å². The molecule has 2 heterocycles. The lowest BCUT2D eigenvalue weighted by molar-refractivity contribution is -0.367. The summed E-state index contributed by atoms with van der Waals surface area (Å²) in [5.41, 5.74) is -11.6. The van der Waals surface area contributed by atoms with Gasteiger partial charge in [-0.2, -0.15) is 43.2 Å². The van der Waals surface area contributed by atoms with E-state index in [-0.39, 0.29) is 0 Å². The van der Waals surface area contributed by atoms with Crippen LogP contribution in [0.5, 0.6) is 0 Å². The first-order chi connectivity index (χ1) is 26.7. The van der Waals surface area contributed by atoms with E-state index in [4.69, 9.17) is 40.8 Å². The second-order valence-electron chi connectivity index (χ2n) is 20.8. The van der Waals surface area contributed by atoms with Gasteiger partial charge in [0.25, 0.3) is 0 Å². The SMILES string of the molecule is C[Si](C)(C)O[C@@H]1[C@@H](O[Si](C)(C)C)[C@@H](O[C@H]2O[C@H](COS(=O)(=O)C(F)(F)F)[C@@H](O[Si](C)(C)C)[C@H](O[Si](C)(C)C)[C@H]2O[Si](C)(C)C)O[C@H](COS(=O)(=O)C(F)(F)F)[C@H]1O[Si](C)(C)C. The van der Waals surface area contributed by atoms with Crippen LogP contribution in [0.2, 0.25) is 118 Å². The Morgan fingerprint density at radius 1 is 0.393 bits per heavy atom. The van der Waals surface area contributed by atoms with Gasteiger partial charge >= 0.3 is 31.3 Å². The molecule has 0 radical (unpaired) electrons. The maximum Gasteiger partial charge on any atom is 0.523 e. The molecule has 0 aromatic heterocycles. The molecule has 2 rings (SSSR count). The van der Waals surface area contributed by atoms with Gasteiger partial charge in [-0.15, -0.1) is 0 Å². The van der Waals surface area contributed by atoms with Gasteiger partial charge in [0.1, 0.15) is 48.8 Å². The normalized spacial score (nSPS) is 29.8. The monoisotopic (exact) mass is 1040 g/mol. The lowest BCUT2D eigenvalue weighted by Crippen LogP contribution is -2.69.